The Morgan fingerprint density at radius 1 is 0.914 bits per heavy atom. The average Bonchev–Trinajstić information content (AvgIpc) is 3.22. The van der Waals surface area contributed by atoms with Gasteiger partial charge in [-0.3, -0.25) is 4.79 Å². The van der Waals surface area contributed by atoms with Gasteiger partial charge in [0.15, 0.2) is 0 Å². The minimum absolute atomic E-state index is 0.0404. The number of hydrogen-bond acceptors (Lipinski definition) is 3. The molecule has 3 aromatic rings. The number of carbonyl (C=O) groups is 1. The van der Waals surface area contributed by atoms with Crippen molar-refractivity contribution in [3.05, 3.63) is 89.2 Å². The lowest BCUT2D eigenvalue weighted by Gasteiger charge is -2.29. The molecule has 0 saturated heterocycles. The van der Waals surface area contributed by atoms with E-state index in [-0.39, 0.29) is 34.6 Å². The third-order valence-electron chi connectivity index (χ3n) is 7.22. The van der Waals surface area contributed by atoms with Crippen molar-refractivity contribution < 1.29 is 17.6 Å². The van der Waals surface area contributed by atoms with Crippen molar-refractivity contribution in [1.29, 1.82) is 0 Å². The first-order valence-corrected chi connectivity index (χ1v) is 13.6. The Kier molecular flexibility index (Phi) is 6.47. The fourth-order valence-corrected chi connectivity index (χ4v) is 6.57. The van der Waals surface area contributed by atoms with Gasteiger partial charge in [-0.1, -0.05) is 42.5 Å². The predicted octanol–water partition coefficient (Wildman–Crippen LogP) is 5.11. The van der Waals surface area contributed by atoms with Crippen LogP contribution < -0.4 is 10.0 Å². The summed E-state index contributed by atoms with van der Waals surface area (Å²) in [6.07, 6.45) is 3.20. The second kappa shape index (κ2) is 9.55. The second-order valence-corrected chi connectivity index (χ2v) is 11.3. The van der Waals surface area contributed by atoms with Crippen LogP contribution >= 0.6 is 0 Å². The first-order valence-electron chi connectivity index (χ1n) is 12.1. The quantitative estimate of drug-likeness (QED) is 0.393. The van der Waals surface area contributed by atoms with Crippen LogP contribution in [0.1, 0.15) is 55.3 Å². The van der Waals surface area contributed by atoms with E-state index in [2.05, 4.69) is 22.2 Å². The molecule has 35 heavy (non-hydrogen) atoms. The van der Waals surface area contributed by atoms with Crippen LogP contribution in [0.15, 0.2) is 71.6 Å². The highest BCUT2D eigenvalue weighted by atomic mass is 32.2. The molecule has 3 aromatic carbocycles. The van der Waals surface area contributed by atoms with Crippen LogP contribution in [-0.2, 0) is 21.2 Å². The second-order valence-electron chi connectivity index (χ2n) is 9.60. The first-order chi connectivity index (χ1) is 16.8. The van der Waals surface area contributed by atoms with E-state index in [1.807, 2.05) is 25.1 Å². The fourth-order valence-electron chi connectivity index (χ4n) is 5.22. The lowest BCUT2D eigenvalue weighted by Crippen LogP contribution is -2.41. The highest BCUT2D eigenvalue weighted by Crippen LogP contribution is 2.37. The fraction of sp³-hybridized carbons (Fsp3) is 0.321. The Hall–Kier alpha value is -3.03. The van der Waals surface area contributed by atoms with E-state index in [9.17, 15) is 17.6 Å². The zero-order chi connectivity index (χ0) is 24.6. The van der Waals surface area contributed by atoms with Gasteiger partial charge in [-0.2, -0.15) is 0 Å². The summed E-state index contributed by atoms with van der Waals surface area (Å²) >= 11 is 0. The van der Waals surface area contributed by atoms with Crippen LogP contribution in [0, 0.1) is 11.7 Å². The molecule has 0 aliphatic heterocycles. The van der Waals surface area contributed by atoms with E-state index in [0.717, 1.165) is 23.1 Å². The minimum atomic E-state index is -3.65. The van der Waals surface area contributed by atoms with Crippen LogP contribution in [0.5, 0.6) is 0 Å². The largest absolute Gasteiger partial charge is 0.349 e. The summed E-state index contributed by atoms with van der Waals surface area (Å²) in [5.74, 6) is -0.503. The van der Waals surface area contributed by atoms with Gasteiger partial charge >= 0.3 is 0 Å². The summed E-state index contributed by atoms with van der Waals surface area (Å²) in [4.78, 5) is 13.0. The molecule has 1 amide bonds. The smallest absolute Gasteiger partial charge is 0.240 e. The Balaban J connectivity index is 1.17. The number of halogens is 1. The van der Waals surface area contributed by atoms with Crippen molar-refractivity contribution in [2.75, 3.05) is 0 Å². The zero-order valence-corrected chi connectivity index (χ0v) is 20.4. The van der Waals surface area contributed by atoms with Crippen molar-refractivity contribution in [1.82, 2.24) is 10.0 Å². The molecular weight excluding hydrogens is 463 g/mol. The molecule has 0 unspecified atom stereocenters. The highest BCUT2D eigenvalue weighted by Gasteiger charge is 2.30. The average molecular weight is 493 g/mol. The molecule has 2 N–H and O–H groups in total. The van der Waals surface area contributed by atoms with Crippen molar-refractivity contribution in [3.63, 3.8) is 0 Å². The molecule has 0 radical (unpaired) electrons. The van der Waals surface area contributed by atoms with Crippen molar-refractivity contribution in [3.8, 4) is 11.1 Å². The van der Waals surface area contributed by atoms with Gasteiger partial charge in [0.05, 0.1) is 10.9 Å². The molecule has 1 saturated carbocycles. The van der Waals surface area contributed by atoms with Gasteiger partial charge in [-0.15, -0.1) is 0 Å². The topological polar surface area (TPSA) is 75.3 Å². The predicted molar refractivity (Wildman–Crippen MR) is 134 cm³/mol. The Labute approximate surface area is 205 Å². The van der Waals surface area contributed by atoms with E-state index in [1.165, 1.54) is 23.3 Å². The molecular formula is C28H29FN2O3S. The van der Waals surface area contributed by atoms with Crippen LogP contribution in [0.4, 0.5) is 4.39 Å². The summed E-state index contributed by atoms with van der Waals surface area (Å²) in [6, 6.07) is 19.2. The number of hydrogen-bond donors (Lipinski definition) is 2. The lowest BCUT2D eigenvalue weighted by molar-refractivity contribution is -0.126. The minimum Gasteiger partial charge on any atom is -0.349 e. The molecule has 0 heterocycles. The molecule has 182 valence electrons. The standard InChI is InChI=1S/C28H29FN2O3S/c1-18(19-6-10-23(29)11-7-19)30-28(32)20-8-12-24(13-9-20)31-35(33,34)25-14-15-27-22(17-25)16-21-4-2-3-5-26(21)27/h2-7,10-11,14-15,17-18,20,24,31H,8-9,12-13,16H2,1H3,(H,30,32)/t18-,20-,24-/m1/s1. The molecule has 7 heteroatoms. The maximum atomic E-state index is 13.1. The maximum absolute atomic E-state index is 13.1. The molecule has 2 aliphatic carbocycles. The Bertz CT molecular complexity index is 1350. The zero-order valence-electron chi connectivity index (χ0n) is 19.6. The molecule has 0 aromatic heterocycles. The van der Waals surface area contributed by atoms with E-state index < -0.39 is 10.0 Å². The van der Waals surface area contributed by atoms with Gasteiger partial charge < -0.3 is 5.32 Å². The number of benzene rings is 3. The number of rotatable bonds is 6. The molecule has 1 atom stereocenters. The normalized spacial score (nSPS) is 20.1. The summed E-state index contributed by atoms with van der Waals surface area (Å²) in [7, 11) is -3.65. The van der Waals surface area contributed by atoms with Gasteiger partial charge in [0.1, 0.15) is 5.82 Å². The van der Waals surface area contributed by atoms with Crippen molar-refractivity contribution in [2.24, 2.45) is 5.92 Å². The van der Waals surface area contributed by atoms with Crippen LogP contribution in [-0.4, -0.2) is 20.4 Å². The van der Waals surface area contributed by atoms with Gasteiger partial charge in [0.25, 0.3) is 0 Å². The monoisotopic (exact) mass is 492 g/mol. The molecule has 1 fully saturated rings. The maximum Gasteiger partial charge on any atom is 0.240 e. The third kappa shape index (κ3) is 5.02. The van der Waals surface area contributed by atoms with E-state index in [1.54, 1.807) is 24.3 Å². The summed E-state index contributed by atoms with van der Waals surface area (Å²) < 4.78 is 42.2. The summed E-state index contributed by atoms with van der Waals surface area (Å²) in [5.41, 5.74) is 5.37. The number of sulfonamides is 1. The summed E-state index contributed by atoms with van der Waals surface area (Å²) in [5, 5.41) is 3.01. The lowest BCUT2D eigenvalue weighted by atomic mass is 9.85. The van der Waals surface area contributed by atoms with Gasteiger partial charge in [-0.25, -0.2) is 17.5 Å². The Morgan fingerprint density at radius 3 is 2.34 bits per heavy atom. The van der Waals surface area contributed by atoms with Crippen molar-refractivity contribution in [2.45, 2.75) is 56.0 Å². The first kappa shape index (κ1) is 23.7. The molecule has 0 bridgehead atoms. The van der Waals surface area contributed by atoms with E-state index in [4.69, 9.17) is 0 Å². The van der Waals surface area contributed by atoms with Crippen molar-refractivity contribution >= 4 is 15.9 Å². The molecule has 0 spiro atoms. The number of fused-ring (bicyclic) bond motifs is 3. The summed E-state index contributed by atoms with van der Waals surface area (Å²) in [6.45, 7) is 1.88. The number of carbonyl (C=O) groups excluding carboxylic acids is 1. The van der Waals surface area contributed by atoms with Gasteiger partial charge in [0, 0.05) is 12.0 Å². The SMILES string of the molecule is C[C@@H](NC(=O)[C@H]1CC[C@H](NS(=O)(=O)c2ccc3c(c2)Cc2ccccc2-3)CC1)c1ccc(F)cc1. The molecule has 5 nitrogen and oxygen atoms in total. The number of nitrogens with one attached hydrogen (secondary N) is 2. The van der Waals surface area contributed by atoms with Crippen LogP contribution in [0.3, 0.4) is 0 Å². The molecule has 5 rings (SSSR count). The van der Waals surface area contributed by atoms with Crippen LogP contribution in [0.2, 0.25) is 0 Å². The van der Waals surface area contributed by atoms with Gasteiger partial charge in [0.2, 0.25) is 15.9 Å². The Morgan fingerprint density at radius 2 is 1.60 bits per heavy atom. The molecule has 2 aliphatic rings. The highest BCUT2D eigenvalue weighted by molar-refractivity contribution is 7.89. The number of amides is 1. The van der Waals surface area contributed by atoms with Gasteiger partial charge in [-0.05, 0) is 91.1 Å². The van der Waals surface area contributed by atoms with Crippen LogP contribution in [0.25, 0.3) is 11.1 Å². The van der Waals surface area contributed by atoms with E-state index >= 15 is 0 Å². The van der Waals surface area contributed by atoms with E-state index in [0.29, 0.717) is 25.7 Å². The third-order valence-corrected chi connectivity index (χ3v) is 8.74.